The van der Waals surface area contributed by atoms with Crippen LogP contribution in [0.2, 0.25) is 0 Å². The number of rotatable bonds is 0. The Kier molecular flexibility index (Phi) is 1.33. The monoisotopic (exact) mass is 165 g/mol. The first-order valence-electron chi connectivity index (χ1n) is 3.42. The van der Waals surface area contributed by atoms with Crippen LogP contribution in [0.4, 0.5) is 17.5 Å². The minimum atomic E-state index is -0.101. The number of hydrogen-bond acceptors (Lipinski definition) is 5. The van der Waals surface area contributed by atoms with Gasteiger partial charge in [-0.25, -0.2) is 4.98 Å². The zero-order valence-corrected chi connectivity index (χ0v) is 6.16. The second-order valence-electron chi connectivity index (χ2n) is 2.39. The predicted molar refractivity (Wildman–Crippen MR) is 43.6 cm³/mol. The van der Waals surface area contributed by atoms with Gasteiger partial charge in [0.05, 0.1) is 12.7 Å². The fraction of sp³-hybridized carbons (Fsp3) is 0.167. The summed E-state index contributed by atoms with van der Waals surface area (Å²) >= 11 is 0. The van der Waals surface area contributed by atoms with Crippen LogP contribution in [0.3, 0.4) is 0 Å². The fourth-order valence-corrected chi connectivity index (χ4v) is 0.980. The third-order valence-corrected chi connectivity index (χ3v) is 1.50. The highest BCUT2D eigenvalue weighted by Gasteiger charge is 2.14. The first-order valence-corrected chi connectivity index (χ1v) is 3.42. The number of carbonyl (C=O) groups excluding carboxylic acids is 1. The number of nitrogen functional groups attached to an aromatic ring is 1. The summed E-state index contributed by atoms with van der Waals surface area (Å²) in [6.07, 6.45) is 1.47. The van der Waals surface area contributed by atoms with Crippen LogP contribution in [0.5, 0.6) is 0 Å². The Balaban J connectivity index is 2.43. The molecular weight excluding hydrogens is 158 g/mol. The van der Waals surface area contributed by atoms with E-state index in [-0.39, 0.29) is 18.4 Å². The van der Waals surface area contributed by atoms with Crippen molar-refractivity contribution in [2.45, 2.75) is 0 Å². The maximum Gasteiger partial charge on any atom is 0.243 e. The molecule has 12 heavy (non-hydrogen) atoms. The van der Waals surface area contributed by atoms with Crippen LogP contribution in [0.25, 0.3) is 0 Å². The van der Waals surface area contributed by atoms with Gasteiger partial charge in [0, 0.05) is 0 Å². The minimum absolute atomic E-state index is 0.101. The van der Waals surface area contributed by atoms with Crippen molar-refractivity contribution in [3.05, 3.63) is 6.20 Å². The Labute approximate surface area is 68.2 Å². The summed E-state index contributed by atoms with van der Waals surface area (Å²) in [7, 11) is 0. The van der Waals surface area contributed by atoms with Gasteiger partial charge in [-0.3, -0.25) is 4.79 Å². The van der Waals surface area contributed by atoms with Crippen LogP contribution in [0.15, 0.2) is 6.20 Å². The number of carbonyl (C=O) groups is 1. The number of nitrogens with one attached hydrogen (secondary N) is 2. The molecule has 0 saturated carbocycles. The van der Waals surface area contributed by atoms with E-state index >= 15 is 0 Å². The van der Waals surface area contributed by atoms with E-state index in [0.717, 1.165) is 0 Å². The number of anilines is 3. The molecule has 1 amide bonds. The molecule has 1 aromatic rings. The molecule has 0 fully saturated rings. The van der Waals surface area contributed by atoms with Gasteiger partial charge in [0.1, 0.15) is 5.69 Å². The van der Waals surface area contributed by atoms with Gasteiger partial charge in [-0.1, -0.05) is 0 Å². The smallest absolute Gasteiger partial charge is 0.243 e. The Morgan fingerprint density at radius 3 is 3.25 bits per heavy atom. The van der Waals surface area contributed by atoms with Gasteiger partial charge >= 0.3 is 0 Å². The second-order valence-corrected chi connectivity index (χ2v) is 2.39. The van der Waals surface area contributed by atoms with Crippen molar-refractivity contribution >= 4 is 23.4 Å². The van der Waals surface area contributed by atoms with Gasteiger partial charge in [0.25, 0.3) is 0 Å². The van der Waals surface area contributed by atoms with Gasteiger partial charge in [0.2, 0.25) is 11.9 Å². The van der Waals surface area contributed by atoms with Crippen LogP contribution >= 0.6 is 0 Å². The van der Waals surface area contributed by atoms with Crippen LogP contribution in [0, 0.1) is 0 Å². The zero-order valence-electron chi connectivity index (χ0n) is 6.16. The highest BCUT2D eigenvalue weighted by molar-refractivity contribution is 5.99. The van der Waals surface area contributed by atoms with Crippen molar-refractivity contribution in [2.24, 2.45) is 0 Å². The molecule has 6 heteroatoms. The maximum atomic E-state index is 10.9. The zero-order chi connectivity index (χ0) is 8.55. The van der Waals surface area contributed by atoms with Crippen molar-refractivity contribution in [3.8, 4) is 0 Å². The number of fused-ring (bicyclic) bond motifs is 1. The molecule has 0 atom stereocenters. The first-order chi connectivity index (χ1) is 5.75. The first kappa shape index (κ1) is 6.84. The average Bonchev–Trinajstić information content (AvgIpc) is 2.05. The Morgan fingerprint density at radius 2 is 2.42 bits per heavy atom. The van der Waals surface area contributed by atoms with Gasteiger partial charge in [-0.15, -0.1) is 0 Å². The summed E-state index contributed by atoms with van der Waals surface area (Å²) in [6, 6.07) is 0. The molecule has 0 unspecified atom stereocenters. The van der Waals surface area contributed by atoms with E-state index in [2.05, 4.69) is 20.6 Å². The molecule has 0 aromatic carbocycles. The van der Waals surface area contributed by atoms with E-state index < -0.39 is 0 Å². The summed E-state index contributed by atoms with van der Waals surface area (Å²) in [4.78, 5) is 18.5. The fourth-order valence-electron chi connectivity index (χ4n) is 0.980. The molecule has 6 nitrogen and oxygen atoms in total. The summed E-state index contributed by atoms with van der Waals surface area (Å²) in [5.74, 6) is 0.662. The number of aromatic nitrogens is 2. The van der Waals surface area contributed by atoms with E-state index in [4.69, 9.17) is 5.73 Å². The summed E-state index contributed by atoms with van der Waals surface area (Å²) in [5.41, 5.74) is 5.91. The van der Waals surface area contributed by atoms with Crippen molar-refractivity contribution < 1.29 is 4.79 Å². The molecule has 2 rings (SSSR count). The van der Waals surface area contributed by atoms with Crippen LogP contribution in [-0.4, -0.2) is 22.4 Å². The number of hydrogen-bond donors (Lipinski definition) is 3. The van der Waals surface area contributed by atoms with Crippen LogP contribution in [-0.2, 0) is 4.79 Å². The molecule has 0 radical (unpaired) electrons. The topological polar surface area (TPSA) is 92.9 Å². The molecule has 62 valence electrons. The molecule has 1 aromatic heterocycles. The van der Waals surface area contributed by atoms with Crippen LogP contribution < -0.4 is 16.4 Å². The van der Waals surface area contributed by atoms with Gasteiger partial charge in [0.15, 0.2) is 5.82 Å². The quantitative estimate of drug-likeness (QED) is 0.478. The van der Waals surface area contributed by atoms with E-state index in [9.17, 15) is 4.79 Å². The molecule has 0 saturated heterocycles. The van der Waals surface area contributed by atoms with E-state index in [1.165, 1.54) is 6.20 Å². The standard InChI is InChI=1S/C6H7N5O/c7-6-9-1-3-5(11-6)8-2-4(12)10-3/h1H,2H2,(H,10,12)(H3,7,8,9,11). The summed E-state index contributed by atoms with van der Waals surface area (Å²) in [6.45, 7) is 0.226. The van der Waals surface area contributed by atoms with E-state index in [0.29, 0.717) is 11.5 Å². The van der Waals surface area contributed by atoms with Crippen molar-refractivity contribution in [2.75, 3.05) is 22.9 Å². The average molecular weight is 165 g/mol. The SMILES string of the molecule is Nc1ncc2c(n1)NCC(=O)N2. The normalized spacial score (nSPS) is 14.5. The van der Waals surface area contributed by atoms with Gasteiger partial charge in [-0.2, -0.15) is 4.98 Å². The van der Waals surface area contributed by atoms with Crippen LogP contribution in [0.1, 0.15) is 0 Å². The molecule has 0 aliphatic carbocycles. The maximum absolute atomic E-state index is 10.9. The lowest BCUT2D eigenvalue weighted by molar-refractivity contribution is -0.114. The lowest BCUT2D eigenvalue weighted by Gasteiger charge is -2.16. The minimum Gasteiger partial charge on any atom is -0.368 e. The van der Waals surface area contributed by atoms with Gasteiger partial charge < -0.3 is 16.4 Å². The molecule has 1 aliphatic heterocycles. The predicted octanol–water partition coefficient (Wildman–Crippen LogP) is -0.577. The summed E-state index contributed by atoms with van der Waals surface area (Å²) < 4.78 is 0. The molecule has 4 N–H and O–H groups in total. The highest BCUT2D eigenvalue weighted by Crippen LogP contribution is 2.20. The lowest BCUT2D eigenvalue weighted by atomic mass is 10.3. The number of amides is 1. The Morgan fingerprint density at radius 1 is 1.58 bits per heavy atom. The summed E-state index contributed by atoms with van der Waals surface area (Å²) in [5, 5.41) is 5.42. The molecule has 2 heterocycles. The van der Waals surface area contributed by atoms with Gasteiger partial charge in [-0.05, 0) is 0 Å². The molecular formula is C6H7N5O. The largest absolute Gasteiger partial charge is 0.368 e. The van der Waals surface area contributed by atoms with Crippen molar-refractivity contribution in [1.29, 1.82) is 0 Å². The second kappa shape index (κ2) is 2.33. The van der Waals surface area contributed by atoms with E-state index in [1.807, 2.05) is 0 Å². The van der Waals surface area contributed by atoms with Crippen molar-refractivity contribution in [3.63, 3.8) is 0 Å². The van der Waals surface area contributed by atoms with Crippen molar-refractivity contribution in [1.82, 2.24) is 9.97 Å². The third-order valence-electron chi connectivity index (χ3n) is 1.50. The Bertz CT molecular complexity index is 337. The molecule has 0 spiro atoms. The number of nitrogens with zero attached hydrogens (tertiary/aromatic N) is 2. The number of nitrogens with two attached hydrogens (primary N) is 1. The lowest BCUT2D eigenvalue weighted by Crippen LogP contribution is -2.28. The molecule has 0 bridgehead atoms. The highest BCUT2D eigenvalue weighted by atomic mass is 16.2. The molecule has 1 aliphatic rings. The Hall–Kier alpha value is -1.85. The third kappa shape index (κ3) is 1.03. The van der Waals surface area contributed by atoms with E-state index in [1.54, 1.807) is 0 Å².